The summed E-state index contributed by atoms with van der Waals surface area (Å²) < 4.78 is 0. The van der Waals surface area contributed by atoms with Gasteiger partial charge in [0, 0.05) is 24.8 Å². The summed E-state index contributed by atoms with van der Waals surface area (Å²) >= 11 is 0. The molecule has 2 saturated heterocycles. The van der Waals surface area contributed by atoms with Crippen LogP contribution in [0.25, 0.3) is 0 Å². The summed E-state index contributed by atoms with van der Waals surface area (Å²) in [6.07, 6.45) is 6.36. The number of nitrogens with one attached hydrogen (secondary N) is 1. The highest BCUT2D eigenvalue weighted by Gasteiger charge is 2.36. The number of pyridine rings is 1. The predicted molar refractivity (Wildman–Crippen MR) is 74.1 cm³/mol. The first-order valence-electron chi connectivity index (χ1n) is 7.23. The van der Waals surface area contributed by atoms with Crippen LogP contribution in [0.3, 0.4) is 0 Å². The van der Waals surface area contributed by atoms with E-state index in [2.05, 4.69) is 10.3 Å². The van der Waals surface area contributed by atoms with E-state index >= 15 is 0 Å². The Hall–Kier alpha value is -1.42. The number of aromatic nitrogens is 1. The maximum Gasteiger partial charge on any atom is 0.273 e. The molecule has 3 heterocycles. The summed E-state index contributed by atoms with van der Waals surface area (Å²) in [6.45, 7) is 3.92. The zero-order chi connectivity index (χ0) is 13.2. The highest BCUT2D eigenvalue weighted by Crippen LogP contribution is 2.26. The van der Waals surface area contributed by atoms with Crippen LogP contribution in [-0.4, -0.2) is 41.0 Å². The van der Waals surface area contributed by atoms with Gasteiger partial charge in [0.25, 0.3) is 5.91 Å². The van der Waals surface area contributed by atoms with Crippen molar-refractivity contribution in [2.75, 3.05) is 13.1 Å². The molecule has 0 bridgehead atoms. The van der Waals surface area contributed by atoms with E-state index in [1.807, 2.05) is 24.0 Å². The maximum atomic E-state index is 12.7. The minimum absolute atomic E-state index is 0.106. The van der Waals surface area contributed by atoms with Gasteiger partial charge < -0.3 is 10.2 Å². The second-order valence-electron chi connectivity index (χ2n) is 5.58. The van der Waals surface area contributed by atoms with E-state index in [-0.39, 0.29) is 5.91 Å². The van der Waals surface area contributed by atoms with E-state index in [0.717, 1.165) is 31.5 Å². The zero-order valence-electron chi connectivity index (χ0n) is 11.4. The average Bonchev–Trinajstić information content (AvgIpc) is 3.09. The van der Waals surface area contributed by atoms with Gasteiger partial charge in [-0.25, -0.2) is 0 Å². The van der Waals surface area contributed by atoms with Gasteiger partial charge >= 0.3 is 0 Å². The predicted octanol–water partition coefficient (Wildman–Crippen LogP) is 1.75. The molecule has 2 aliphatic heterocycles. The largest absolute Gasteiger partial charge is 0.333 e. The molecule has 4 nitrogen and oxygen atoms in total. The van der Waals surface area contributed by atoms with E-state index in [9.17, 15) is 4.79 Å². The van der Waals surface area contributed by atoms with Gasteiger partial charge in [0.05, 0.1) is 0 Å². The van der Waals surface area contributed by atoms with E-state index in [0.29, 0.717) is 17.8 Å². The third kappa shape index (κ3) is 2.37. The van der Waals surface area contributed by atoms with Crippen molar-refractivity contribution in [3.8, 4) is 0 Å². The number of carbonyl (C=O) groups is 1. The lowest BCUT2D eigenvalue weighted by atomic mass is 10.0. The summed E-state index contributed by atoms with van der Waals surface area (Å²) in [5.74, 6) is 0.106. The first kappa shape index (κ1) is 12.6. The monoisotopic (exact) mass is 259 g/mol. The van der Waals surface area contributed by atoms with Gasteiger partial charge in [0.2, 0.25) is 0 Å². The molecule has 2 fully saturated rings. The average molecular weight is 259 g/mol. The minimum Gasteiger partial charge on any atom is -0.333 e. The van der Waals surface area contributed by atoms with Gasteiger partial charge in [-0.05, 0) is 50.8 Å². The molecular weight excluding hydrogens is 238 g/mol. The SMILES string of the molecule is Cc1cccnc1C(=O)N1CCCC1C1CCCN1. The molecule has 1 N–H and O–H groups in total. The van der Waals surface area contributed by atoms with Crippen molar-refractivity contribution in [3.05, 3.63) is 29.6 Å². The summed E-state index contributed by atoms with van der Waals surface area (Å²) in [5, 5.41) is 3.54. The number of nitrogens with zero attached hydrogens (tertiary/aromatic N) is 2. The molecule has 0 saturated carbocycles. The van der Waals surface area contributed by atoms with Crippen LogP contribution in [0.2, 0.25) is 0 Å². The molecule has 1 amide bonds. The number of rotatable bonds is 2. The molecule has 0 aliphatic carbocycles. The molecule has 2 unspecified atom stereocenters. The molecule has 2 atom stereocenters. The quantitative estimate of drug-likeness (QED) is 0.880. The van der Waals surface area contributed by atoms with Gasteiger partial charge in [-0.2, -0.15) is 0 Å². The molecule has 1 aromatic rings. The third-order valence-corrected chi connectivity index (χ3v) is 4.34. The van der Waals surface area contributed by atoms with E-state index in [1.165, 1.54) is 12.8 Å². The second-order valence-corrected chi connectivity index (χ2v) is 5.58. The molecule has 1 aromatic heterocycles. The van der Waals surface area contributed by atoms with Crippen LogP contribution in [0.15, 0.2) is 18.3 Å². The fraction of sp³-hybridized carbons (Fsp3) is 0.600. The first-order valence-corrected chi connectivity index (χ1v) is 7.23. The Bertz CT molecular complexity index is 468. The number of hydrogen-bond donors (Lipinski definition) is 1. The fourth-order valence-corrected chi connectivity index (χ4v) is 3.35. The fourth-order valence-electron chi connectivity index (χ4n) is 3.35. The van der Waals surface area contributed by atoms with Crippen molar-refractivity contribution in [1.82, 2.24) is 15.2 Å². The molecule has 0 spiro atoms. The van der Waals surface area contributed by atoms with Gasteiger partial charge in [0.15, 0.2) is 0 Å². The Labute approximate surface area is 114 Å². The zero-order valence-corrected chi connectivity index (χ0v) is 11.4. The molecule has 2 aliphatic rings. The lowest BCUT2D eigenvalue weighted by Crippen LogP contribution is -2.46. The number of carbonyl (C=O) groups excluding carboxylic acids is 1. The van der Waals surface area contributed by atoms with Crippen LogP contribution in [-0.2, 0) is 0 Å². The van der Waals surface area contributed by atoms with E-state index in [4.69, 9.17) is 0 Å². The van der Waals surface area contributed by atoms with Gasteiger partial charge in [-0.1, -0.05) is 6.07 Å². The van der Waals surface area contributed by atoms with Crippen molar-refractivity contribution < 1.29 is 4.79 Å². The summed E-state index contributed by atoms with van der Waals surface area (Å²) in [4.78, 5) is 19.0. The smallest absolute Gasteiger partial charge is 0.273 e. The van der Waals surface area contributed by atoms with Crippen LogP contribution in [0.5, 0.6) is 0 Å². The van der Waals surface area contributed by atoms with Crippen molar-refractivity contribution in [1.29, 1.82) is 0 Å². The van der Waals surface area contributed by atoms with Gasteiger partial charge in [-0.3, -0.25) is 9.78 Å². The molecule has 4 heteroatoms. The topological polar surface area (TPSA) is 45.2 Å². The number of aryl methyl sites for hydroxylation is 1. The Morgan fingerprint density at radius 1 is 1.42 bits per heavy atom. The summed E-state index contributed by atoms with van der Waals surface area (Å²) in [7, 11) is 0. The lowest BCUT2D eigenvalue weighted by molar-refractivity contribution is 0.0704. The van der Waals surface area contributed by atoms with E-state index in [1.54, 1.807) is 6.20 Å². The molecule has 0 radical (unpaired) electrons. The minimum atomic E-state index is 0.106. The molecule has 19 heavy (non-hydrogen) atoms. The van der Waals surface area contributed by atoms with Gasteiger partial charge in [-0.15, -0.1) is 0 Å². The van der Waals surface area contributed by atoms with Crippen molar-refractivity contribution >= 4 is 5.91 Å². The summed E-state index contributed by atoms with van der Waals surface area (Å²) in [6, 6.07) is 4.68. The lowest BCUT2D eigenvalue weighted by Gasteiger charge is -2.29. The van der Waals surface area contributed by atoms with Gasteiger partial charge in [0.1, 0.15) is 5.69 Å². The van der Waals surface area contributed by atoms with E-state index < -0.39 is 0 Å². The number of amides is 1. The number of hydrogen-bond acceptors (Lipinski definition) is 3. The Kier molecular flexibility index (Phi) is 3.51. The second kappa shape index (κ2) is 5.29. The van der Waals surface area contributed by atoms with Crippen LogP contribution in [0, 0.1) is 6.92 Å². The Morgan fingerprint density at radius 2 is 2.32 bits per heavy atom. The molecule has 102 valence electrons. The highest BCUT2D eigenvalue weighted by atomic mass is 16.2. The molecule has 0 aromatic carbocycles. The standard InChI is InChI=1S/C15H21N3O/c1-11-5-2-9-17-14(11)15(19)18-10-4-7-13(18)12-6-3-8-16-12/h2,5,9,12-13,16H,3-4,6-8,10H2,1H3. The van der Waals surface area contributed by atoms with Crippen LogP contribution < -0.4 is 5.32 Å². The molecular formula is C15H21N3O. The van der Waals surface area contributed by atoms with Crippen LogP contribution in [0.4, 0.5) is 0 Å². The van der Waals surface area contributed by atoms with Crippen molar-refractivity contribution in [2.45, 2.75) is 44.7 Å². The maximum absolute atomic E-state index is 12.7. The Balaban J connectivity index is 1.80. The molecule has 3 rings (SSSR count). The van der Waals surface area contributed by atoms with Crippen LogP contribution in [0.1, 0.15) is 41.7 Å². The first-order chi connectivity index (χ1) is 9.27. The summed E-state index contributed by atoms with van der Waals surface area (Å²) in [5.41, 5.74) is 1.59. The van der Waals surface area contributed by atoms with Crippen molar-refractivity contribution in [2.24, 2.45) is 0 Å². The Morgan fingerprint density at radius 3 is 3.05 bits per heavy atom. The van der Waals surface area contributed by atoms with Crippen molar-refractivity contribution in [3.63, 3.8) is 0 Å². The normalized spacial score (nSPS) is 26.9. The number of likely N-dealkylation sites (tertiary alicyclic amines) is 1. The third-order valence-electron chi connectivity index (χ3n) is 4.34. The van der Waals surface area contributed by atoms with Crippen LogP contribution >= 0.6 is 0 Å². The highest BCUT2D eigenvalue weighted by molar-refractivity contribution is 5.94.